The van der Waals surface area contributed by atoms with Crippen LogP contribution in [0.15, 0.2) is 194 Å². The molecule has 16 nitrogen and oxygen atoms in total. The fourth-order valence-electron chi connectivity index (χ4n) is 8.27. The van der Waals surface area contributed by atoms with E-state index in [1.165, 1.54) is 97.1 Å². The summed E-state index contributed by atoms with van der Waals surface area (Å²) in [4.78, 5) is 42.9. The van der Waals surface area contributed by atoms with Crippen molar-refractivity contribution < 1.29 is 19.7 Å². The molecular weight excluding hydrogens is 841 g/mol. The van der Waals surface area contributed by atoms with Crippen LogP contribution < -0.4 is 22.9 Å². The van der Waals surface area contributed by atoms with Gasteiger partial charge in [-0.2, -0.15) is 0 Å². The molecule has 0 unspecified atom stereocenters. The summed E-state index contributed by atoms with van der Waals surface area (Å²) < 4.78 is 0. The maximum Gasteiger partial charge on any atom is 0.269 e. The third kappa shape index (κ3) is 8.64. The second kappa shape index (κ2) is 18.5. The molecule has 66 heavy (non-hydrogen) atoms. The Bertz CT molecular complexity index is 2600. The van der Waals surface area contributed by atoms with E-state index in [9.17, 15) is 40.5 Å². The van der Waals surface area contributed by atoms with Crippen molar-refractivity contribution in [2.45, 2.75) is 10.8 Å². The highest BCUT2D eigenvalue weighted by atomic mass is 16.6. The van der Waals surface area contributed by atoms with E-state index in [1.54, 1.807) is 0 Å². The summed E-state index contributed by atoms with van der Waals surface area (Å²) in [5, 5.41) is 45.2. The van der Waals surface area contributed by atoms with Crippen LogP contribution in [-0.4, -0.2) is 19.7 Å². The average Bonchev–Trinajstić information content (AvgIpc) is 3.32. The number of nitrogens with two attached hydrogens (primary N) is 4. The summed E-state index contributed by atoms with van der Waals surface area (Å²) in [6.07, 6.45) is 0. The predicted octanol–water partition coefficient (Wildman–Crippen LogP) is 10.1. The van der Waals surface area contributed by atoms with E-state index in [-0.39, 0.29) is 22.7 Å². The van der Waals surface area contributed by atoms with Crippen molar-refractivity contribution in [2.75, 3.05) is 22.9 Å². The Morgan fingerprint density at radius 2 is 0.364 bits per heavy atom. The molecule has 0 aliphatic heterocycles. The van der Waals surface area contributed by atoms with Gasteiger partial charge in [0.1, 0.15) is 0 Å². The van der Waals surface area contributed by atoms with E-state index in [0.717, 1.165) is 45.0 Å². The highest BCUT2D eigenvalue weighted by Gasteiger charge is 2.40. The van der Waals surface area contributed by atoms with Crippen LogP contribution >= 0.6 is 0 Å². The van der Waals surface area contributed by atoms with Crippen LogP contribution in [0.3, 0.4) is 0 Å². The molecule has 8 N–H and O–H groups in total. The fraction of sp³-hybridized carbons (Fsp3) is 0.0400. The quantitative estimate of drug-likeness (QED) is 0.0386. The highest BCUT2D eigenvalue weighted by molar-refractivity contribution is 5.65. The lowest BCUT2D eigenvalue weighted by Gasteiger charge is -2.37. The molecule has 0 aromatic heterocycles. The Morgan fingerprint density at radius 1 is 0.242 bits per heavy atom. The van der Waals surface area contributed by atoms with Crippen LogP contribution in [0.5, 0.6) is 0 Å². The minimum atomic E-state index is -1.30. The number of rotatable bonds is 12. The average molecular weight is 881 g/mol. The van der Waals surface area contributed by atoms with Crippen LogP contribution in [0.4, 0.5) is 45.5 Å². The van der Waals surface area contributed by atoms with Crippen LogP contribution in [0.25, 0.3) is 0 Å². The highest BCUT2D eigenvalue weighted by Crippen LogP contribution is 2.48. The summed E-state index contributed by atoms with van der Waals surface area (Å²) in [6.45, 7) is 0. The van der Waals surface area contributed by atoms with Gasteiger partial charge in [0.2, 0.25) is 0 Å². The van der Waals surface area contributed by atoms with Gasteiger partial charge in [-0.25, -0.2) is 0 Å². The molecule has 328 valence electrons. The van der Waals surface area contributed by atoms with Gasteiger partial charge >= 0.3 is 0 Å². The number of hydrogen-bond acceptors (Lipinski definition) is 12. The molecule has 0 fully saturated rings. The first-order chi connectivity index (χ1) is 31.6. The molecule has 0 bridgehead atoms. The van der Waals surface area contributed by atoms with Crippen molar-refractivity contribution in [3.05, 3.63) is 279 Å². The van der Waals surface area contributed by atoms with Gasteiger partial charge in [0.25, 0.3) is 22.7 Å². The molecule has 0 atom stereocenters. The Hall–Kier alpha value is -9.44. The van der Waals surface area contributed by atoms with Crippen LogP contribution in [0, 0.1) is 40.5 Å². The minimum Gasteiger partial charge on any atom is -0.399 e. The number of benzene rings is 8. The van der Waals surface area contributed by atoms with E-state index in [4.69, 9.17) is 22.9 Å². The fourth-order valence-corrected chi connectivity index (χ4v) is 8.27. The molecule has 0 spiro atoms. The molecule has 0 amide bonds. The van der Waals surface area contributed by atoms with Gasteiger partial charge < -0.3 is 22.9 Å². The number of nitrogens with zero attached hydrogens (tertiary/aromatic N) is 4. The Labute approximate surface area is 377 Å². The second-order valence-electron chi connectivity index (χ2n) is 15.2. The summed E-state index contributed by atoms with van der Waals surface area (Å²) in [7, 11) is 0. The van der Waals surface area contributed by atoms with Crippen molar-refractivity contribution in [1.82, 2.24) is 0 Å². The maximum absolute atomic E-state index is 11.3. The molecule has 0 aliphatic rings. The first-order valence-corrected chi connectivity index (χ1v) is 20.1. The molecule has 8 aromatic carbocycles. The molecule has 0 saturated carbocycles. The van der Waals surface area contributed by atoms with Gasteiger partial charge in [-0.15, -0.1) is 0 Å². The van der Waals surface area contributed by atoms with Gasteiger partial charge in [0.15, 0.2) is 0 Å². The number of nitro groups is 4. The number of non-ortho nitro benzene ring substituents is 4. The molecule has 16 heteroatoms. The third-order valence-corrected chi connectivity index (χ3v) is 11.4. The lowest BCUT2D eigenvalue weighted by molar-refractivity contribution is -0.385. The van der Waals surface area contributed by atoms with Crippen molar-refractivity contribution in [3.8, 4) is 0 Å². The van der Waals surface area contributed by atoms with E-state index >= 15 is 0 Å². The topological polar surface area (TPSA) is 277 Å². The predicted molar refractivity (Wildman–Crippen MR) is 254 cm³/mol. The van der Waals surface area contributed by atoms with Gasteiger partial charge in [-0.1, -0.05) is 97.1 Å². The SMILES string of the molecule is Nc1ccc(C(c2ccc(N)cc2)(c2ccc(N)cc2)c2ccc(N)cc2)cc1.O=[N+]([O-])c1ccc(C(c2ccc([N+](=O)[O-])cc2)(c2ccc([N+](=O)[O-])cc2)c2ccc([N+](=O)[O-])cc2)cc1. The summed E-state index contributed by atoms with van der Waals surface area (Å²) in [5.74, 6) is 0. The zero-order valence-corrected chi connectivity index (χ0v) is 34.8. The standard InChI is InChI=1S/C25H16N4O8.C25H24N4/c30-26(31)21-9-1-17(2-10-21)25(18-3-11-22(12-4-18)27(32)33,19-5-13-23(14-6-19)28(34)35)20-7-15-24(16-8-20)29(36)37;26-21-9-1-17(2-10-21)25(18-3-11-22(27)12-4-18,19-5-13-23(28)14-6-19)20-7-15-24(29)16-8-20/h1-16H;1-16H,26-29H2. The molecule has 8 aromatic rings. The summed E-state index contributed by atoms with van der Waals surface area (Å²) in [5.41, 5.74) is 30.6. The smallest absolute Gasteiger partial charge is 0.269 e. The van der Waals surface area contributed by atoms with Gasteiger partial charge in [0, 0.05) is 71.3 Å². The zero-order chi connectivity index (χ0) is 47.2. The van der Waals surface area contributed by atoms with Gasteiger partial charge in [-0.3, -0.25) is 40.5 Å². The Morgan fingerprint density at radius 3 is 0.485 bits per heavy atom. The first kappa shape index (κ1) is 44.6. The summed E-state index contributed by atoms with van der Waals surface area (Å²) >= 11 is 0. The minimum absolute atomic E-state index is 0.172. The number of anilines is 4. The number of nitrogen functional groups attached to an aromatic ring is 4. The molecular formula is C50H40N8O8. The van der Waals surface area contributed by atoms with Crippen LogP contribution in [0.2, 0.25) is 0 Å². The van der Waals surface area contributed by atoms with Crippen LogP contribution in [0.1, 0.15) is 44.5 Å². The molecule has 0 saturated heterocycles. The van der Waals surface area contributed by atoms with Crippen LogP contribution in [-0.2, 0) is 10.8 Å². The van der Waals surface area contributed by atoms with Crippen molar-refractivity contribution in [3.63, 3.8) is 0 Å². The Kier molecular flexibility index (Phi) is 12.5. The first-order valence-electron chi connectivity index (χ1n) is 20.1. The summed E-state index contributed by atoms with van der Waals surface area (Å²) in [6, 6.07) is 54.5. The normalized spacial score (nSPS) is 11.2. The van der Waals surface area contributed by atoms with Crippen molar-refractivity contribution in [2.24, 2.45) is 0 Å². The molecule has 0 heterocycles. The Balaban J connectivity index is 0.000000202. The second-order valence-corrected chi connectivity index (χ2v) is 15.2. The zero-order valence-electron chi connectivity index (χ0n) is 34.8. The van der Waals surface area contributed by atoms with Gasteiger partial charge in [0.05, 0.1) is 30.5 Å². The van der Waals surface area contributed by atoms with E-state index < -0.39 is 30.5 Å². The largest absolute Gasteiger partial charge is 0.399 e. The van der Waals surface area contributed by atoms with E-state index in [1.807, 2.05) is 48.5 Å². The van der Waals surface area contributed by atoms with Crippen molar-refractivity contribution in [1.29, 1.82) is 0 Å². The lowest BCUT2D eigenvalue weighted by atomic mass is 9.65. The monoisotopic (exact) mass is 880 g/mol. The van der Waals surface area contributed by atoms with E-state index in [0.29, 0.717) is 22.3 Å². The van der Waals surface area contributed by atoms with Crippen molar-refractivity contribution >= 4 is 45.5 Å². The molecule has 0 radical (unpaired) electrons. The van der Waals surface area contributed by atoms with E-state index in [2.05, 4.69) is 48.5 Å². The van der Waals surface area contributed by atoms with Gasteiger partial charge in [-0.05, 0) is 93.0 Å². The molecule has 0 aliphatic carbocycles. The number of nitro benzene ring substituents is 4. The third-order valence-electron chi connectivity index (χ3n) is 11.4. The lowest BCUT2D eigenvalue weighted by Crippen LogP contribution is -2.31. The molecule has 8 rings (SSSR count). The maximum atomic E-state index is 11.3. The number of hydrogen-bond donors (Lipinski definition) is 4.